The van der Waals surface area contributed by atoms with Gasteiger partial charge in [-0.15, -0.1) is 0 Å². The van der Waals surface area contributed by atoms with E-state index < -0.39 is 0 Å². The molecular weight excluding hydrogens is 159 g/mol. The normalized spacial score (nSPS) is 28.2. The minimum absolute atomic E-state index is 0.139. The molecule has 1 saturated heterocycles. The Morgan fingerprint density at radius 1 is 1.17 bits per heavy atom. The quantitative estimate of drug-likeness (QED) is 0.640. The van der Waals surface area contributed by atoms with Gasteiger partial charge in [0.1, 0.15) is 5.82 Å². The number of benzene rings is 1. The number of halogens is 1. The summed E-state index contributed by atoms with van der Waals surface area (Å²) in [6.45, 7) is 1.82. The van der Waals surface area contributed by atoms with E-state index in [1.807, 2.05) is 6.92 Å². The van der Waals surface area contributed by atoms with Crippen LogP contribution in [-0.2, 0) is 9.47 Å². The van der Waals surface area contributed by atoms with Crippen LogP contribution in [0.2, 0.25) is 0 Å². The average Bonchev–Trinajstić information content (AvgIpc) is 2.01. The maximum atomic E-state index is 12.5. The van der Waals surface area contributed by atoms with Crippen LogP contribution in [0.25, 0.3) is 0 Å². The third-order valence-electron chi connectivity index (χ3n) is 1.77. The van der Waals surface area contributed by atoms with Crippen molar-refractivity contribution in [2.24, 2.45) is 0 Å². The van der Waals surface area contributed by atoms with Gasteiger partial charge >= 0.3 is 0 Å². The highest BCUT2D eigenvalue weighted by Gasteiger charge is 2.27. The van der Waals surface area contributed by atoms with Gasteiger partial charge in [-0.1, -0.05) is 12.1 Å². The molecule has 1 aliphatic heterocycles. The standard InChI is InChI=1S/C9H9FO2/c1-6-11-9(12-6)7-2-4-8(10)5-3-7/h2-6,9H,1H3. The number of hydrogen-bond donors (Lipinski definition) is 0. The number of ether oxygens (including phenoxy) is 2. The van der Waals surface area contributed by atoms with Crippen LogP contribution in [0.15, 0.2) is 24.3 Å². The third kappa shape index (κ3) is 1.33. The Morgan fingerprint density at radius 2 is 1.75 bits per heavy atom. The van der Waals surface area contributed by atoms with Gasteiger partial charge < -0.3 is 9.47 Å². The molecule has 0 unspecified atom stereocenters. The van der Waals surface area contributed by atoms with Gasteiger partial charge in [0.15, 0.2) is 12.6 Å². The molecule has 2 rings (SSSR count). The van der Waals surface area contributed by atoms with Crippen LogP contribution in [0.4, 0.5) is 4.39 Å². The SMILES string of the molecule is CC1OC(c2ccc(F)cc2)O1. The summed E-state index contributed by atoms with van der Waals surface area (Å²) in [5.74, 6) is -0.244. The summed E-state index contributed by atoms with van der Waals surface area (Å²) >= 11 is 0. The van der Waals surface area contributed by atoms with Crippen LogP contribution < -0.4 is 0 Å². The molecule has 3 heteroatoms. The van der Waals surface area contributed by atoms with E-state index in [2.05, 4.69) is 0 Å². The van der Waals surface area contributed by atoms with Crippen molar-refractivity contribution in [1.29, 1.82) is 0 Å². The molecule has 0 N–H and O–H groups in total. The van der Waals surface area contributed by atoms with Crippen molar-refractivity contribution in [3.8, 4) is 0 Å². The summed E-state index contributed by atoms with van der Waals surface area (Å²) in [5.41, 5.74) is 0.856. The second kappa shape index (κ2) is 2.84. The van der Waals surface area contributed by atoms with Crippen molar-refractivity contribution in [1.82, 2.24) is 0 Å². The van der Waals surface area contributed by atoms with E-state index in [4.69, 9.17) is 9.47 Å². The van der Waals surface area contributed by atoms with Gasteiger partial charge in [-0.05, 0) is 19.1 Å². The number of rotatable bonds is 1. The van der Waals surface area contributed by atoms with Gasteiger partial charge in [0.25, 0.3) is 0 Å². The maximum absolute atomic E-state index is 12.5. The zero-order valence-electron chi connectivity index (χ0n) is 6.66. The van der Waals surface area contributed by atoms with Gasteiger partial charge in [0.2, 0.25) is 0 Å². The molecule has 1 aromatic carbocycles. The van der Waals surface area contributed by atoms with Crippen molar-refractivity contribution in [2.45, 2.75) is 19.5 Å². The predicted molar refractivity (Wildman–Crippen MR) is 40.8 cm³/mol. The molecule has 2 nitrogen and oxygen atoms in total. The third-order valence-corrected chi connectivity index (χ3v) is 1.77. The summed E-state index contributed by atoms with van der Waals surface area (Å²) in [6.07, 6.45) is -0.444. The molecule has 0 saturated carbocycles. The van der Waals surface area contributed by atoms with E-state index in [1.54, 1.807) is 12.1 Å². The lowest BCUT2D eigenvalue weighted by molar-refractivity contribution is -0.382. The average molecular weight is 168 g/mol. The van der Waals surface area contributed by atoms with Gasteiger partial charge in [-0.2, -0.15) is 0 Å². The first-order valence-electron chi connectivity index (χ1n) is 3.82. The second-order valence-electron chi connectivity index (χ2n) is 2.72. The molecule has 1 heterocycles. The van der Waals surface area contributed by atoms with Crippen LogP contribution in [0.3, 0.4) is 0 Å². The lowest BCUT2D eigenvalue weighted by Crippen LogP contribution is -2.31. The first-order valence-corrected chi connectivity index (χ1v) is 3.82. The molecule has 0 atom stereocenters. The molecule has 0 aliphatic carbocycles. The Kier molecular flexibility index (Phi) is 1.83. The summed E-state index contributed by atoms with van der Waals surface area (Å²) in [7, 11) is 0. The highest BCUT2D eigenvalue weighted by atomic mass is 19.1. The minimum Gasteiger partial charge on any atom is -0.320 e. The van der Waals surface area contributed by atoms with Gasteiger partial charge in [-0.25, -0.2) is 4.39 Å². The first kappa shape index (κ1) is 7.71. The molecule has 0 spiro atoms. The van der Waals surface area contributed by atoms with Crippen molar-refractivity contribution in [3.05, 3.63) is 35.6 Å². The molecule has 0 radical (unpaired) electrons. The Balaban J connectivity index is 2.09. The summed E-state index contributed by atoms with van der Waals surface area (Å²) in [6, 6.07) is 6.10. The first-order chi connectivity index (χ1) is 5.75. The van der Waals surface area contributed by atoms with Gasteiger partial charge in [-0.3, -0.25) is 0 Å². The fourth-order valence-corrected chi connectivity index (χ4v) is 1.14. The Bertz CT molecular complexity index is 264. The van der Waals surface area contributed by atoms with Crippen LogP contribution in [-0.4, -0.2) is 6.29 Å². The largest absolute Gasteiger partial charge is 0.320 e. The molecular formula is C9H9FO2. The molecule has 1 fully saturated rings. The zero-order chi connectivity index (χ0) is 8.55. The van der Waals surface area contributed by atoms with Crippen LogP contribution >= 0.6 is 0 Å². The smallest absolute Gasteiger partial charge is 0.189 e. The topological polar surface area (TPSA) is 18.5 Å². The van der Waals surface area contributed by atoms with Crippen LogP contribution in [0, 0.1) is 5.82 Å². The molecule has 0 aromatic heterocycles. The zero-order valence-corrected chi connectivity index (χ0v) is 6.66. The number of hydrogen-bond acceptors (Lipinski definition) is 2. The Hall–Kier alpha value is -0.930. The van der Waals surface area contributed by atoms with Crippen LogP contribution in [0.1, 0.15) is 18.8 Å². The fraction of sp³-hybridized carbons (Fsp3) is 0.333. The van der Waals surface area contributed by atoms with E-state index in [-0.39, 0.29) is 18.4 Å². The monoisotopic (exact) mass is 168 g/mol. The Labute approximate surface area is 69.9 Å². The predicted octanol–water partition coefficient (Wildman–Crippen LogP) is 2.22. The van der Waals surface area contributed by atoms with E-state index in [0.717, 1.165) is 5.56 Å². The molecule has 12 heavy (non-hydrogen) atoms. The Morgan fingerprint density at radius 3 is 2.25 bits per heavy atom. The lowest BCUT2D eigenvalue weighted by Gasteiger charge is -2.33. The summed E-state index contributed by atoms with van der Waals surface area (Å²) < 4.78 is 22.9. The van der Waals surface area contributed by atoms with Crippen molar-refractivity contribution < 1.29 is 13.9 Å². The lowest BCUT2D eigenvalue weighted by atomic mass is 10.2. The van der Waals surface area contributed by atoms with E-state index >= 15 is 0 Å². The molecule has 1 aromatic rings. The highest BCUT2D eigenvalue weighted by Crippen LogP contribution is 2.30. The van der Waals surface area contributed by atoms with Gasteiger partial charge in [0.05, 0.1) is 0 Å². The molecule has 1 aliphatic rings. The summed E-state index contributed by atoms with van der Waals surface area (Å²) in [4.78, 5) is 0. The van der Waals surface area contributed by atoms with Gasteiger partial charge in [0, 0.05) is 5.56 Å². The molecule has 64 valence electrons. The minimum atomic E-state index is -0.305. The van der Waals surface area contributed by atoms with Crippen LogP contribution in [0.5, 0.6) is 0 Å². The van der Waals surface area contributed by atoms with Crippen molar-refractivity contribution in [3.63, 3.8) is 0 Å². The fourth-order valence-electron chi connectivity index (χ4n) is 1.14. The molecule has 0 amide bonds. The maximum Gasteiger partial charge on any atom is 0.189 e. The second-order valence-corrected chi connectivity index (χ2v) is 2.72. The highest BCUT2D eigenvalue weighted by molar-refractivity contribution is 5.17. The van der Waals surface area contributed by atoms with Crippen molar-refractivity contribution >= 4 is 0 Å². The van der Waals surface area contributed by atoms with E-state index in [0.29, 0.717) is 0 Å². The van der Waals surface area contributed by atoms with E-state index in [1.165, 1.54) is 12.1 Å². The van der Waals surface area contributed by atoms with Crippen molar-refractivity contribution in [2.75, 3.05) is 0 Å². The molecule has 0 bridgehead atoms. The summed E-state index contributed by atoms with van der Waals surface area (Å²) in [5, 5.41) is 0. The van der Waals surface area contributed by atoms with E-state index in [9.17, 15) is 4.39 Å².